The van der Waals surface area contributed by atoms with Crippen LogP contribution in [0.5, 0.6) is 5.75 Å². The molecule has 1 aromatic carbocycles. The fourth-order valence-corrected chi connectivity index (χ4v) is 3.49. The van der Waals surface area contributed by atoms with Crippen LogP contribution in [0.3, 0.4) is 0 Å². The van der Waals surface area contributed by atoms with E-state index in [1.807, 2.05) is 24.5 Å². The lowest BCUT2D eigenvalue weighted by atomic mass is 10.2. The second-order valence-corrected chi connectivity index (χ2v) is 6.80. The summed E-state index contributed by atoms with van der Waals surface area (Å²) in [7, 11) is 0. The van der Waals surface area contributed by atoms with E-state index in [4.69, 9.17) is 4.74 Å². The summed E-state index contributed by atoms with van der Waals surface area (Å²) in [5.41, 5.74) is 1.13. The van der Waals surface area contributed by atoms with Crippen LogP contribution in [0.1, 0.15) is 12.8 Å². The topological polar surface area (TPSA) is 44.4 Å². The van der Waals surface area contributed by atoms with Gasteiger partial charge in [0.05, 0.1) is 6.61 Å². The molecule has 5 heteroatoms. The zero-order chi connectivity index (χ0) is 17.6. The third-order valence-electron chi connectivity index (χ3n) is 5.01. The standard InChI is InChI=1S/C21H26N4O/c1-2-9-23-21(5-1)25-14-12-24(13-15-25)11-3-4-16-26-19-7-6-18-8-10-22-20(18)17-19/h1-2,5-10,17,22H,3-4,11-16H2. The summed E-state index contributed by atoms with van der Waals surface area (Å²) in [6.45, 7) is 6.27. The number of unbranched alkanes of at least 4 members (excludes halogenated alkanes) is 1. The van der Waals surface area contributed by atoms with Gasteiger partial charge in [-0.3, -0.25) is 4.90 Å². The molecule has 0 atom stereocenters. The van der Waals surface area contributed by atoms with Crippen molar-refractivity contribution in [3.05, 3.63) is 54.9 Å². The molecular formula is C21H26N4O. The number of hydrogen-bond donors (Lipinski definition) is 1. The van der Waals surface area contributed by atoms with Crippen molar-refractivity contribution in [2.75, 3.05) is 44.2 Å². The van der Waals surface area contributed by atoms with Crippen molar-refractivity contribution in [3.8, 4) is 5.75 Å². The lowest BCUT2D eigenvalue weighted by Gasteiger charge is -2.35. The summed E-state index contributed by atoms with van der Waals surface area (Å²) in [6, 6.07) is 14.4. The van der Waals surface area contributed by atoms with Gasteiger partial charge in [-0.1, -0.05) is 6.07 Å². The summed E-state index contributed by atoms with van der Waals surface area (Å²) in [5.74, 6) is 2.04. The van der Waals surface area contributed by atoms with Crippen LogP contribution in [0, 0.1) is 0 Å². The van der Waals surface area contributed by atoms with E-state index >= 15 is 0 Å². The minimum Gasteiger partial charge on any atom is -0.494 e. The Kier molecular flexibility index (Phi) is 5.36. The molecule has 3 heterocycles. The summed E-state index contributed by atoms with van der Waals surface area (Å²) in [4.78, 5) is 12.6. The van der Waals surface area contributed by atoms with Gasteiger partial charge in [-0.25, -0.2) is 4.98 Å². The Balaban J connectivity index is 1.13. The molecule has 26 heavy (non-hydrogen) atoms. The van der Waals surface area contributed by atoms with Crippen LogP contribution in [0.4, 0.5) is 5.82 Å². The van der Waals surface area contributed by atoms with E-state index in [0.717, 1.165) is 62.8 Å². The molecule has 0 aliphatic carbocycles. The van der Waals surface area contributed by atoms with Gasteiger partial charge in [0.15, 0.2) is 0 Å². The zero-order valence-electron chi connectivity index (χ0n) is 15.1. The fraction of sp³-hybridized carbons (Fsp3) is 0.381. The maximum absolute atomic E-state index is 5.89. The molecule has 0 unspecified atom stereocenters. The van der Waals surface area contributed by atoms with Gasteiger partial charge in [-0.15, -0.1) is 0 Å². The summed E-state index contributed by atoms with van der Waals surface area (Å²) >= 11 is 0. The highest BCUT2D eigenvalue weighted by molar-refractivity contribution is 5.80. The number of nitrogens with zero attached hydrogens (tertiary/aromatic N) is 3. The summed E-state index contributed by atoms with van der Waals surface area (Å²) in [5, 5.41) is 1.22. The van der Waals surface area contributed by atoms with Gasteiger partial charge in [0.2, 0.25) is 0 Å². The van der Waals surface area contributed by atoms with Crippen molar-refractivity contribution in [3.63, 3.8) is 0 Å². The molecule has 3 aromatic rings. The molecule has 1 N–H and O–H groups in total. The number of aromatic nitrogens is 2. The first-order chi connectivity index (χ1) is 12.9. The minimum absolute atomic E-state index is 0.778. The van der Waals surface area contributed by atoms with Gasteiger partial charge in [0.25, 0.3) is 0 Å². The monoisotopic (exact) mass is 350 g/mol. The molecule has 0 amide bonds. The fourth-order valence-electron chi connectivity index (χ4n) is 3.49. The third kappa shape index (κ3) is 4.17. The zero-order valence-corrected chi connectivity index (χ0v) is 15.1. The Morgan fingerprint density at radius 1 is 1.00 bits per heavy atom. The van der Waals surface area contributed by atoms with Crippen molar-refractivity contribution >= 4 is 16.7 Å². The molecule has 1 saturated heterocycles. The molecule has 1 aliphatic heterocycles. The van der Waals surface area contributed by atoms with E-state index in [2.05, 4.69) is 50.1 Å². The number of nitrogens with one attached hydrogen (secondary N) is 1. The second kappa shape index (κ2) is 8.23. The highest BCUT2D eigenvalue weighted by Gasteiger charge is 2.17. The highest BCUT2D eigenvalue weighted by atomic mass is 16.5. The number of hydrogen-bond acceptors (Lipinski definition) is 4. The van der Waals surface area contributed by atoms with Crippen LogP contribution in [0.25, 0.3) is 10.9 Å². The second-order valence-electron chi connectivity index (χ2n) is 6.80. The predicted octanol–water partition coefficient (Wildman–Crippen LogP) is 3.54. The van der Waals surface area contributed by atoms with Crippen LogP contribution in [0.2, 0.25) is 0 Å². The minimum atomic E-state index is 0.778. The maximum Gasteiger partial charge on any atom is 0.128 e. The lowest BCUT2D eigenvalue weighted by molar-refractivity contribution is 0.238. The van der Waals surface area contributed by atoms with Crippen molar-refractivity contribution in [2.24, 2.45) is 0 Å². The van der Waals surface area contributed by atoms with E-state index in [1.165, 1.54) is 11.8 Å². The van der Waals surface area contributed by atoms with Crippen LogP contribution >= 0.6 is 0 Å². The first kappa shape index (κ1) is 16.9. The van der Waals surface area contributed by atoms with Crippen LogP contribution < -0.4 is 9.64 Å². The van der Waals surface area contributed by atoms with E-state index in [1.54, 1.807) is 0 Å². The van der Waals surface area contributed by atoms with E-state index in [-0.39, 0.29) is 0 Å². The molecule has 2 aromatic heterocycles. The normalized spacial score (nSPS) is 15.5. The van der Waals surface area contributed by atoms with Gasteiger partial charge < -0.3 is 14.6 Å². The first-order valence-corrected chi connectivity index (χ1v) is 9.47. The third-order valence-corrected chi connectivity index (χ3v) is 5.01. The number of pyridine rings is 1. The molecular weight excluding hydrogens is 324 g/mol. The van der Waals surface area contributed by atoms with Gasteiger partial charge in [-0.2, -0.15) is 0 Å². The van der Waals surface area contributed by atoms with Crippen LogP contribution in [0.15, 0.2) is 54.9 Å². The van der Waals surface area contributed by atoms with E-state index in [9.17, 15) is 0 Å². The van der Waals surface area contributed by atoms with E-state index in [0.29, 0.717) is 0 Å². The molecule has 0 radical (unpaired) electrons. The number of ether oxygens (including phenoxy) is 1. The van der Waals surface area contributed by atoms with Crippen molar-refractivity contribution in [2.45, 2.75) is 12.8 Å². The number of aromatic amines is 1. The van der Waals surface area contributed by atoms with Gasteiger partial charge in [-0.05, 0) is 55.1 Å². The average molecular weight is 350 g/mol. The Morgan fingerprint density at radius 3 is 2.77 bits per heavy atom. The molecule has 0 spiro atoms. The number of anilines is 1. The lowest BCUT2D eigenvalue weighted by Crippen LogP contribution is -2.46. The van der Waals surface area contributed by atoms with Gasteiger partial charge in [0, 0.05) is 50.2 Å². The SMILES string of the molecule is c1ccc(N2CCN(CCCCOc3ccc4cc[nH]c4c3)CC2)nc1. The van der Waals surface area contributed by atoms with Crippen LogP contribution in [-0.2, 0) is 0 Å². The number of H-pyrrole nitrogens is 1. The quantitative estimate of drug-likeness (QED) is 0.662. The predicted molar refractivity (Wildman–Crippen MR) is 106 cm³/mol. The number of benzene rings is 1. The van der Waals surface area contributed by atoms with Crippen molar-refractivity contribution in [1.82, 2.24) is 14.9 Å². The maximum atomic E-state index is 5.89. The number of fused-ring (bicyclic) bond motifs is 1. The smallest absolute Gasteiger partial charge is 0.128 e. The molecule has 0 saturated carbocycles. The molecule has 5 nitrogen and oxygen atoms in total. The molecule has 0 bridgehead atoms. The average Bonchev–Trinajstić information content (AvgIpc) is 3.17. The molecule has 4 rings (SSSR count). The van der Waals surface area contributed by atoms with Crippen molar-refractivity contribution in [1.29, 1.82) is 0 Å². The highest BCUT2D eigenvalue weighted by Crippen LogP contribution is 2.19. The number of piperazine rings is 1. The summed E-state index contributed by atoms with van der Waals surface area (Å²) in [6.07, 6.45) is 6.09. The van der Waals surface area contributed by atoms with Gasteiger partial charge in [0.1, 0.15) is 11.6 Å². The Labute approximate surface area is 154 Å². The summed E-state index contributed by atoms with van der Waals surface area (Å²) < 4.78 is 5.89. The van der Waals surface area contributed by atoms with Crippen LogP contribution in [-0.4, -0.2) is 54.2 Å². The van der Waals surface area contributed by atoms with Gasteiger partial charge >= 0.3 is 0 Å². The van der Waals surface area contributed by atoms with Crippen molar-refractivity contribution < 1.29 is 4.74 Å². The molecule has 136 valence electrons. The Hall–Kier alpha value is -2.53. The number of rotatable bonds is 7. The largest absolute Gasteiger partial charge is 0.494 e. The Bertz CT molecular complexity index is 809. The molecule has 1 fully saturated rings. The molecule has 1 aliphatic rings. The first-order valence-electron chi connectivity index (χ1n) is 9.47. The van der Waals surface area contributed by atoms with E-state index < -0.39 is 0 Å². The Morgan fingerprint density at radius 2 is 1.92 bits per heavy atom.